The van der Waals surface area contributed by atoms with Gasteiger partial charge in [-0.2, -0.15) is 0 Å². The van der Waals surface area contributed by atoms with Crippen molar-refractivity contribution < 1.29 is 18.1 Å². The molecule has 0 aliphatic carbocycles. The topological polar surface area (TPSA) is 70.8 Å². The molecule has 0 aliphatic heterocycles. The summed E-state index contributed by atoms with van der Waals surface area (Å²) in [5, 5.41) is 0. The average Bonchev–Trinajstić information content (AvgIpc) is 2.09. The number of carbonyl (C=O) groups is 1. The Morgan fingerprint density at radius 3 is 1.79 bits per heavy atom. The highest BCUT2D eigenvalue weighted by Gasteiger charge is 2.41. The van der Waals surface area contributed by atoms with Gasteiger partial charge in [-0.15, -0.1) is 0 Å². The maximum Gasteiger partial charge on any atom is 0.390 e. The minimum Gasteiger partial charge on any atom is -0.504 e. The van der Waals surface area contributed by atoms with Crippen molar-refractivity contribution in [3.63, 3.8) is 0 Å². The van der Waals surface area contributed by atoms with Crippen molar-refractivity contribution in [2.24, 2.45) is 5.73 Å². The first-order chi connectivity index (χ1) is 8.39. The van der Waals surface area contributed by atoms with Crippen molar-refractivity contribution in [3.05, 3.63) is 0 Å². The Kier molecular flexibility index (Phi) is 6.96. The summed E-state index contributed by atoms with van der Waals surface area (Å²) in [4.78, 5) is 10.9. The predicted octanol–water partition coefficient (Wildman–Crippen LogP) is 2.32. The number of amides is 1. The van der Waals surface area contributed by atoms with Gasteiger partial charge in [0.15, 0.2) is 22.0 Å². The second kappa shape index (κ2) is 7.02. The summed E-state index contributed by atoms with van der Waals surface area (Å²) in [6.45, 7) is 14.8. The third kappa shape index (κ3) is 9.38. The van der Waals surface area contributed by atoms with Gasteiger partial charge in [-0.1, -0.05) is 13.3 Å². The van der Waals surface area contributed by atoms with Crippen LogP contribution >= 0.6 is 0 Å². The van der Waals surface area contributed by atoms with Gasteiger partial charge in [0.2, 0.25) is 0 Å². The normalized spacial score (nSPS) is 14.1. The lowest BCUT2D eigenvalue weighted by molar-refractivity contribution is -0.0697. The Hall–Kier alpha value is -0.159. The molecular formula is C11H29NO4Si3. The molecule has 0 rings (SSSR count). The van der Waals surface area contributed by atoms with Gasteiger partial charge in [-0.25, -0.2) is 4.79 Å². The van der Waals surface area contributed by atoms with Crippen molar-refractivity contribution in [1.29, 1.82) is 0 Å². The lowest BCUT2D eigenvalue weighted by Gasteiger charge is -2.42. The summed E-state index contributed by atoms with van der Waals surface area (Å²) < 4.78 is 17.7. The van der Waals surface area contributed by atoms with E-state index in [-0.39, 0.29) is 0 Å². The molecule has 114 valence electrons. The fourth-order valence-corrected chi connectivity index (χ4v) is 8.46. The molecule has 0 bridgehead atoms. The number of primary amides is 1. The van der Waals surface area contributed by atoms with E-state index in [1.165, 1.54) is 0 Å². The molecule has 1 amide bonds. The molecule has 0 unspecified atom stereocenters. The first kappa shape index (κ1) is 18.8. The van der Waals surface area contributed by atoms with Crippen molar-refractivity contribution >= 4 is 32.5 Å². The highest BCUT2D eigenvalue weighted by atomic mass is 28.4. The van der Waals surface area contributed by atoms with E-state index < -0.39 is 37.9 Å². The van der Waals surface area contributed by atoms with Crippen LogP contribution in [0.3, 0.4) is 0 Å². The van der Waals surface area contributed by atoms with Crippen LogP contribution in [0.5, 0.6) is 0 Å². The van der Waals surface area contributed by atoms with Gasteiger partial charge in [-0.3, -0.25) is 0 Å². The average molecular weight is 324 g/mol. The van der Waals surface area contributed by atoms with E-state index in [1.54, 1.807) is 0 Å². The van der Waals surface area contributed by atoms with Gasteiger partial charge in [0.05, 0.1) is 0 Å². The summed E-state index contributed by atoms with van der Waals surface area (Å²) in [6, 6.07) is 0. The van der Waals surface area contributed by atoms with Crippen LogP contribution < -0.4 is 5.73 Å². The second-order valence-corrected chi connectivity index (χ2v) is 17.2. The van der Waals surface area contributed by atoms with E-state index in [0.29, 0.717) is 0 Å². The molecule has 0 radical (unpaired) electrons. The van der Waals surface area contributed by atoms with Crippen LogP contribution in [0.2, 0.25) is 39.3 Å². The molecule has 0 aromatic heterocycles. The minimum absolute atomic E-state index is 0.710. The van der Waals surface area contributed by atoms with Crippen LogP contribution in [0.4, 0.5) is 4.79 Å². The Morgan fingerprint density at radius 2 is 1.53 bits per heavy atom. The van der Waals surface area contributed by atoms with Crippen LogP contribution in [0.15, 0.2) is 0 Å². The fraction of sp³-hybridized carbons (Fsp3) is 0.909. The number of hydrogen-bond acceptors (Lipinski definition) is 4. The van der Waals surface area contributed by atoms with E-state index in [4.69, 9.17) is 19.0 Å². The van der Waals surface area contributed by atoms with Gasteiger partial charge in [0.25, 0.3) is 9.76 Å². The summed E-state index contributed by atoms with van der Waals surface area (Å²) in [7, 11) is -4.95. The zero-order chi connectivity index (χ0) is 15.3. The van der Waals surface area contributed by atoms with E-state index in [0.717, 1.165) is 12.8 Å². The Morgan fingerprint density at radius 1 is 1.11 bits per heavy atom. The number of carbonyl (C=O) groups excluding carboxylic acids is 1. The first-order valence-corrected chi connectivity index (χ1v) is 14.8. The molecule has 19 heavy (non-hydrogen) atoms. The maximum atomic E-state index is 10.9. The monoisotopic (exact) mass is 323 g/mol. The van der Waals surface area contributed by atoms with Gasteiger partial charge in [-0.05, 0) is 45.7 Å². The zero-order valence-corrected chi connectivity index (χ0v) is 16.7. The minimum atomic E-state index is -1.80. The summed E-state index contributed by atoms with van der Waals surface area (Å²) in [5.41, 5.74) is 4.40. The molecule has 5 nitrogen and oxygen atoms in total. The van der Waals surface area contributed by atoms with Crippen molar-refractivity contribution in [2.45, 2.75) is 64.5 Å². The molecule has 0 atom stereocenters. The fourth-order valence-electron chi connectivity index (χ4n) is 1.93. The number of rotatable bonds is 8. The number of nitrogens with two attached hydrogens (primary N) is 1. The molecule has 8 heteroatoms. The van der Waals surface area contributed by atoms with E-state index in [1.807, 2.05) is 0 Å². The molecular weight excluding hydrogens is 294 g/mol. The standard InChI is InChI=1S/C11H29NO4Si3/c1-8-9-11(15-18(2,3)4,16-19(5,6)7)17-14-10(12)13/h8-9,17H2,1-7H3,(H2,12,13). The quantitative estimate of drug-likeness (QED) is 0.550. The van der Waals surface area contributed by atoms with Crippen LogP contribution in [-0.4, -0.2) is 37.9 Å². The third-order valence-corrected chi connectivity index (χ3v) is 6.11. The summed E-state index contributed by atoms with van der Waals surface area (Å²) >= 11 is 0. The Balaban J connectivity index is 5.14. The van der Waals surface area contributed by atoms with Crippen molar-refractivity contribution in [3.8, 4) is 0 Å². The van der Waals surface area contributed by atoms with Crippen molar-refractivity contribution in [2.75, 3.05) is 0 Å². The van der Waals surface area contributed by atoms with E-state index in [2.05, 4.69) is 46.2 Å². The molecule has 0 aliphatic rings. The lowest BCUT2D eigenvalue weighted by Crippen LogP contribution is -2.55. The SMILES string of the molecule is CCCC(O[Si](C)(C)C)(O[Si](C)(C)C)[SiH2]OC(N)=O. The van der Waals surface area contributed by atoms with Crippen LogP contribution in [0.25, 0.3) is 0 Å². The Labute approximate surface area is 121 Å². The second-order valence-electron chi connectivity index (χ2n) is 6.70. The zero-order valence-electron chi connectivity index (χ0n) is 13.3. The van der Waals surface area contributed by atoms with Crippen LogP contribution in [0, 0.1) is 0 Å². The maximum absolute atomic E-state index is 10.9. The smallest absolute Gasteiger partial charge is 0.390 e. The molecule has 0 heterocycles. The third-order valence-electron chi connectivity index (χ3n) is 2.05. The van der Waals surface area contributed by atoms with Crippen LogP contribution in [-0.2, 0) is 13.3 Å². The van der Waals surface area contributed by atoms with Gasteiger partial charge in [0.1, 0.15) is 0 Å². The molecule has 2 N–H and O–H groups in total. The van der Waals surface area contributed by atoms with Gasteiger partial charge >= 0.3 is 6.09 Å². The predicted molar refractivity (Wildman–Crippen MR) is 85.7 cm³/mol. The Bertz CT molecular complexity index is 283. The molecule has 0 aromatic rings. The highest BCUT2D eigenvalue weighted by molar-refractivity contribution is 6.71. The molecule has 0 saturated heterocycles. The van der Waals surface area contributed by atoms with Gasteiger partial charge in [0, 0.05) is 0 Å². The highest BCUT2D eigenvalue weighted by Crippen LogP contribution is 2.28. The van der Waals surface area contributed by atoms with E-state index in [9.17, 15) is 4.79 Å². The van der Waals surface area contributed by atoms with Crippen LogP contribution in [0.1, 0.15) is 19.8 Å². The lowest BCUT2D eigenvalue weighted by atomic mass is 10.3. The molecule has 0 spiro atoms. The molecule has 0 saturated carbocycles. The summed E-state index contributed by atoms with van der Waals surface area (Å²) in [6.07, 6.45) is 0.941. The molecule has 0 aromatic carbocycles. The summed E-state index contributed by atoms with van der Waals surface area (Å²) in [5.74, 6) is 0. The number of hydrogen-bond donors (Lipinski definition) is 1. The molecule has 0 fully saturated rings. The first-order valence-electron chi connectivity index (χ1n) is 6.72. The largest absolute Gasteiger partial charge is 0.504 e. The van der Waals surface area contributed by atoms with E-state index >= 15 is 0 Å². The van der Waals surface area contributed by atoms with Gasteiger partial charge < -0.3 is 19.0 Å². The van der Waals surface area contributed by atoms with Crippen molar-refractivity contribution in [1.82, 2.24) is 0 Å².